The van der Waals surface area contributed by atoms with E-state index in [-0.39, 0.29) is 23.7 Å². The fourth-order valence-electron chi connectivity index (χ4n) is 3.53. The van der Waals surface area contributed by atoms with Crippen molar-refractivity contribution < 1.29 is 35.8 Å². The van der Waals surface area contributed by atoms with Gasteiger partial charge >= 0.3 is 5.97 Å². The van der Waals surface area contributed by atoms with E-state index in [1.165, 1.54) is 18.6 Å². The summed E-state index contributed by atoms with van der Waals surface area (Å²) in [5.41, 5.74) is 0.471. The van der Waals surface area contributed by atoms with Crippen LogP contribution in [0.3, 0.4) is 0 Å². The Morgan fingerprint density at radius 1 is 1.21 bits per heavy atom. The number of aryl methyl sites for hydroxylation is 1. The first-order valence-electron chi connectivity index (χ1n) is 9.31. The lowest BCUT2D eigenvalue weighted by Gasteiger charge is -2.22. The second-order valence-corrected chi connectivity index (χ2v) is 7.84. The normalized spacial score (nSPS) is 15.5. The monoisotopic (exact) mass is 411 g/mol. The molecule has 28 heavy (non-hydrogen) atoms. The van der Waals surface area contributed by atoms with Crippen molar-refractivity contribution in [1.29, 1.82) is 0 Å². The molecule has 0 aliphatic heterocycles. The largest absolute Gasteiger partial charge is 0.716 e. The fraction of sp³-hybridized carbons (Fsp3) is 0.526. The van der Waals surface area contributed by atoms with Gasteiger partial charge in [-0.25, -0.2) is 13.2 Å². The minimum absolute atomic E-state index is 0.0849. The molecule has 0 saturated heterocycles. The third-order valence-corrected chi connectivity index (χ3v) is 5.18. The predicted octanol–water partition coefficient (Wildman–Crippen LogP) is 3.72. The number of rotatable bonds is 7. The Kier molecular flexibility index (Phi) is 6.14. The molecule has 1 aromatic heterocycles. The molecule has 2 aromatic rings. The first-order chi connectivity index (χ1) is 13.3. The van der Waals surface area contributed by atoms with Crippen molar-refractivity contribution in [3.05, 3.63) is 23.5 Å². The summed E-state index contributed by atoms with van der Waals surface area (Å²) in [6.45, 7) is 3.82. The van der Waals surface area contributed by atoms with Gasteiger partial charge < -0.3 is 22.6 Å². The summed E-state index contributed by atoms with van der Waals surface area (Å²) < 4.78 is 54.5. The van der Waals surface area contributed by atoms with Crippen LogP contribution in [0.4, 0.5) is 0 Å². The Hall–Kier alpha value is -2.26. The Morgan fingerprint density at radius 3 is 2.57 bits per heavy atom. The number of furan rings is 1. The van der Waals surface area contributed by atoms with E-state index in [0.717, 1.165) is 25.7 Å². The quantitative estimate of drug-likeness (QED) is 0.385. The molecule has 1 saturated carbocycles. The summed E-state index contributed by atoms with van der Waals surface area (Å²) in [7, 11) is -5.02. The third-order valence-electron chi connectivity index (χ3n) is 4.80. The number of fused-ring (bicyclic) bond motifs is 1. The van der Waals surface area contributed by atoms with Crippen LogP contribution in [-0.4, -0.2) is 32.2 Å². The summed E-state index contributed by atoms with van der Waals surface area (Å²) >= 11 is 0. The third kappa shape index (κ3) is 4.77. The van der Waals surface area contributed by atoms with Crippen molar-refractivity contribution in [3.8, 4) is 11.5 Å². The highest BCUT2D eigenvalue weighted by Crippen LogP contribution is 2.38. The number of hydrogen-bond acceptors (Lipinski definition) is 8. The van der Waals surface area contributed by atoms with E-state index in [1.54, 1.807) is 13.8 Å². The van der Waals surface area contributed by atoms with Gasteiger partial charge in [-0.2, -0.15) is 0 Å². The van der Waals surface area contributed by atoms with Crippen LogP contribution in [0.1, 0.15) is 55.1 Å². The topological polar surface area (TPSA) is 115 Å². The molecule has 0 N–H and O–H groups in total. The van der Waals surface area contributed by atoms with Gasteiger partial charge in [-0.15, -0.1) is 0 Å². The first kappa shape index (κ1) is 20.5. The summed E-state index contributed by atoms with van der Waals surface area (Å²) in [6, 6.07) is 2.71. The van der Waals surface area contributed by atoms with Crippen molar-refractivity contribution in [2.45, 2.75) is 46.0 Å². The molecule has 0 unspecified atom stereocenters. The second-order valence-electron chi connectivity index (χ2n) is 6.86. The Balaban J connectivity index is 1.98. The van der Waals surface area contributed by atoms with Crippen molar-refractivity contribution in [3.63, 3.8) is 0 Å². The van der Waals surface area contributed by atoms with Crippen LogP contribution in [0.15, 0.2) is 16.5 Å². The molecule has 8 nitrogen and oxygen atoms in total. The van der Waals surface area contributed by atoms with Gasteiger partial charge in [-0.3, -0.25) is 0 Å². The molecule has 1 aromatic carbocycles. The average molecular weight is 411 g/mol. The summed E-state index contributed by atoms with van der Waals surface area (Å²) in [5.74, 6) is -0.125. The number of hydrogen-bond donors (Lipinski definition) is 0. The molecule has 1 aliphatic carbocycles. The van der Waals surface area contributed by atoms with Gasteiger partial charge in [-0.05, 0) is 38.7 Å². The van der Waals surface area contributed by atoms with E-state index in [1.807, 2.05) is 0 Å². The molecule has 1 fully saturated rings. The Morgan fingerprint density at radius 2 is 1.93 bits per heavy atom. The molecule has 0 bridgehead atoms. The highest BCUT2D eigenvalue weighted by atomic mass is 32.3. The van der Waals surface area contributed by atoms with Crippen LogP contribution in [0.25, 0.3) is 11.0 Å². The van der Waals surface area contributed by atoms with E-state index >= 15 is 0 Å². The first-order valence-corrected chi connectivity index (χ1v) is 10.6. The standard InChI is InChI=1S/C19H24O8S/c1-3-24-19(20)18-12(2)26-15-10-16(25-11-13-7-5-4-6-8-13)17(9-14(15)18)27-28(21,22)23/h9-10,13H,3-8,11H2,1-2H3,(H,21,22,23)/p-1. The van der Waals surface area contributed by atoms with Crippen LogP contribution in [0, 0.1) is 12.8 Å². The molecule has 1 heterocycles. The molecular formula is C19H23O8S-. The highest BCUT2D eigenvalue weighted by molar-refractivity contribution is 7.81. The number of ether oxygens (including phenoxy) is 2. The minimum Gasteiger partial charge on any atom is -0.716 e. The van der Waals surface area contributed by atoms with Gasteiger partial charge in [0.05, 0.1) is 13.2 Å². The second kappa shape index (κ2) is 8.40. The zero-order valence-corrected chi connectivity index (χ0v) is 16.7. The SMILES string of the molecule is CCOC(=O)c1c(C)oc2cc(OCC3CCCCC3)c(OS(=O)(=O)[O-])cc12. The van der Waals surface area contributed by atoms with E-state index in [9.17, 15) is 17.8 Å². The molecular weight excluding hydrogens is 388 g/mol. The number of carbonyl (C=O) groups excluding carboxylic acids is 1. The predicted molar refractivity (Wildman–Crippen MR) is 99.3 cm³/mol. The smallest absolute Gasteiger partial charge is 0.342 e. The van der Waals surface area contributed by atoms with Gasteiger partial charge in [-0.1, -0.05) is 19.3 Å². The van der Waals surface area contributed by atoms with Gasteiger partial charge in [0.1, 0.15) is 16.9 Å². The minimum atomic E-state index is -5.02. The zero-order chi connectivity index (χ0) is 20.3. The van der Waals surface area contributed by atoms with Crippen LogP contribution in [0.5, 0.6) is 11.5 Å². The molecule has 0 radical (unpaired) electrons. The maximum atomic E-state index is 12.2. The van der Waals surface area contributed by atoms with Crippen LogP contribution >= 0.6 is 0 Å². The lowest BCUT2D eigenvalue weighted by Crippen LogP contribution is -2.16. The molecule has 0 atom stereocenters. The van der Waals surface area contributed by atoms with E-state index in [4.69, 9.17) is 13.9 Å². The van der Waals surface area contributed by atoms with E-state index < -0.39 is 16.4 Å². The lowest BCUT2D eigenvalue weighted by atomic mass is 9.90. The highest BCUT2D eigenvalue weighted by Gasteiger charge is 2.23. The summed E-state index contributed by atoms with van der Waals surface area (Å²) in [6.07, 6.45) is 5.53. The van der Waals surface area contributed by atoms with Gasteiger partial charge in [0, 0.05) is 11.5 Å². The fourth-order valence-corrected chi connectivity index (χ4v) is 3.88. The molecule has 1 aliphatic rings. The summed E-state index contributed by atoms with van der Waals surface area (Å²) in [4.78, 5) is 12.2. The van der Waals surface area contributed by atoms with Crippen LogP contribution in [-0.2, 0) is 15.1 Å². The Bertz CT molecular complexity index is 954. The number of carbonyl (C=O) groups is 1. The van der Waals surface area contributed by atoms with Crippen molar-refractivity contribution in [2.75, 3.05) is 13.2 Å². The maximum Gasteiger partial charge on any atom is 0.342 e. The molecule has 0 spiro atoms. The molecule has 9 heteroatoms. The van der Waals surface area contributed by atoms with Gasteiger partial charge in [0.15, 0.2) is 11.5 Å². The average Bonchev–Trinajstić information content (AvgIpc) is 2.94. The van der Waals surface area contributed by atoms with Gasteiger partial charge in [0.25, 0.3) is 10.4 Å². The van der Waals surface area contributed by atoms with Crippen molar-refractivity contribution >= 4 is 27.3 Å². The number of benzene rings is 1. The molecule has 3 rings (SSSR count). The van der Waals surface area contributed by atoms with Gasteiger partial charge in [0.2, 0.25) is 0 Å². The van der Waals surface area contributed by atoms with Crippen molar-refractivity contribution in [2.24, 2.45) is 5.92 Å². The van der Waals surface area contributed by atoms with Crippen LogP contribution in [0.2, 0.25) is 0 Å². The summed E-state index contributed by atoms with van der Waals surface area (Å²) in [5, 5.41) is 0.291. The lowest BCUT2D eigenvalue weighted by molar-refractivity contribution is 0.0526. The Labute approximate surface area is 163 Å². The van der Waals surface area contributed by atoms with E-state index in [0.29, 0.717) is 29.3 Å². The maximum absolute atomic E-state index is 12.2. The molecule has 154 valence electrons. The van der Waals surface area contributed by atoms with Crippen LogP contribution < -0.4 is 8.92 Å². The molecule has 0 amide bonds. The van der Waals surface area contributed by atoms with E-state index in [2.05, 4.69) is 4.18 Å². The number of esters is 1. The zero-order valence-electron chi connectivity index (χ0n) is 15.9. The van der Waals surface area contributed by atoms with Crippen molar-refractivity contribution in [1.82, 2.24) is 0 Å².